The first-order valence-corrected chi connectivity index (χ1v) is 7.58. The SMILES string of the molecule is COc1ccncc1NC(=O)[C@@H]1CCCO[C@H]1c1cnn(C)c1. The maximum Gasteiger partial charge on any atom is 0.230 e. The Morgan fingerprint density at radius 2 is 2.35 bits per heavy atom. The third kappa shape index (κ3) is 3.34. The van der Waals surface area contributed by atoms with Gasteiger partial charge >= 0.3 is 0 Å². The van der Waals surface area contributed by atoms with E-state index in [0.717, 1.165) is 18.4 Å². The van der Waals surface area contributed by atoms with Gasteiger partial charge in [-0.25, -0.2) is 0 Å². The summed E-state index contributed by atoms with van der Waals surface area (Å²) in [4.78, 5) is 16.8. The van der Waals surface area contributed by atoms with Gasteiger partial charge < -0.3 is 14.8 Å². The van der Waals surface area contributed by atoms with Gasteiger partial charge in [-0.2, -0.15) is 5.10 Å². The van der Waals surface area contributed by atoms with Crippen LogP contribution >= 0.6 is 0 Å². The second kappa shape index (κ2) is 6.78. The van der Waals surface area contributed by atoms with Crippen LogP contribution in [0.3, 0.4) is 0 Å². The Morgan fingerprint density at radius 3 is 3.09 bits per heavy atom. The molecule has 7 nitrogen and oxygen atoms in total. The molecule has 1 saturated heterocycles. The summed E-state index contributed by atoms with van der Waals surface area (Å²) < 4.78 is 12.8. The number of nitrogens with one attached hydrogen (secondary N) is 1. The van der Waals surface area contributed by atoms with Crippen molar-refractivity contribution in [2.24, 2.45) is 13.0 Å². The maximum absolute atomic E-state index is 12.7. The van der Waals surface area contributed by atoms with Crippen molar-refractivity contribution in [3.05, 3.63) is 36.4 Å². The lowest BCUT2D eigenvalue weighted by molar-refractivity contribution is -0.129. The highest BCUT2D eigenvalue weighted by Gasteiger charge is 2.34. The molecule has 2 aromatic heterocycles. The van der Waals surface area contributed by atoms with E-state index in [1.165, 1.54) is 0 Å². The lowest BCUT2D eigenvalue weighted by atomic mass is 9.90. The number of carbonyl (C=O) groups is 1. The zero-order chi connectivity index (χ0) is 16.2. The molecular formula is C16H20N4O3. The molecule has 0 aromatic carbocycles. The van der Waals surface area contributed by atoms with Crippen LogP contribution in [0, 0.1) is 5.92 Å². The van der Waals surface area contributed by atoms with E-state index in [2.05, 4.69) is 15.4 Å². The molecule has 1 fully saturated rings. The van der Waals surface area contributed by atoms with Gasteiger partial charge in [0.25, 0.3) is 0 Å². The predicted octanol–water partition coefficient (Wildman–Crippen LogP) is 1.93. The fourth-order valence-corrected chi connectivity index (χ4v) is 2.84. The standard InChI is InChI=1S/C16H20N4O3/c1-20-10-11(8-18-20)15-12(4-3-7-23-15)16(21)19-13-9-17-6-5-14(13)22-2/h5-6,8-10,12,15H,3-4,7H2,1-2H3,(H,19,21)/t12-,15+/m1/s1. The Kier molecular flexibility index (Phi) is 4.57. The zero-order valence-electron chi connectivity index (χ0n) is 13.2. The average Bonchev–Trinajstić information content (AvgIpc) is 3.01. The number of aryl methyl sites for hydroxylation is 1. The van der Waals surface area contributed by atoms with E-state index in [4.69, 9.17) is 9.47 Å². The lowest BCUT2D eigenvalue weighted by Gasteiger charge is -2.30. The zero-order valence-corrected chi connectivity index (χ0v) is 13.2. The Hall–Kier alpha value is -2.41. The molecule has 1 aliphatic heterocycles. The molecule has 0 saturated carbocycles. The molecule has 0 bridgehead atoms. The van der Waals surface area contributed by atoms with Crippen LogP contribution < -0.4 is 10.1 Å². The number of hydrogen-bond acceptors (Lipinski definition) is 5. The number of pyridine rings is 1. The maximum atomic E-state index is 12.7. The van der Waals surface area contributed by atoms with Crippen LogP contribution in [0.15, 0.2) is 30.9 Å². The topological polar surface area (TPSA) is 78.3 Å². The van der Waals surface area contributed by atoms with Crippen molar-refractivity contribution in [2.75, 3.05) is 19.0 Å². The molecule has 3 heterocycles. The number of ether oxygens (including phenoxy) is 2. The highest BCUT2D eigenvalue weighted by atomic mass is 16.5. The number of hydrogen-bond donors (Lipinski definition) is 1. The van der Waals surface area contributed by atoms with Gasteiger partial charge in [-0.3, -0.25) is 14.5 Å². The van der Waals surface area contributed by atoms with Gasteiger partial charge in [0.15, 0.2) is 0 Å². The molecule has 1 amide bonds. The highest BCUT2D eigenvalue weighted by molar-refractivity contribution is 5.94. The molecule has 2 aromatic rings. The molecule has 2 atom stereocenters. The number of nitrogens with zero attached hydrogens (tertiary/aromatic N) is 3. The molecule has 0 aliphatic carbocycles. The summed E-state index contributed by atoms with van der Waals surface area (Å²) in [5.74, 6) is 0.228. The molecule has 1 aliphatic rings. The van der Waals surface area contributed by atoms with E-state index in [-0.39, 0.29) is 17.9 Å². The lowest BCUT2D eigenvalue weighted by Crippen LogP contribution is -2.33. The van der Waals surface area contributed by atoms with Crippen molar-refractivity contribution < 1.29 is 14.3 Å². The molecule has 1 N–H and O–H groups in total. The van der Waals surface area contributed by atoms with E-state index >= 15 is 0 Å². The summed E-state index contributed by atoms with van der Waals surface area (Å²) in [5.41, 5.74) is 1.49. The van der Waals surface area contributed by atoms with Crippen molar-refractivity contribution in [3.63, 3.8) is 0 Å². The Labute approximate surface area is 134 Å². The van der Waals surface area contributed by atoms with Crippen LogP contribution in [0.2, 0.25) is 0 Å². The summed E-state index contributed by atoms with van der Waals surface area (Å²) in [6, 6.07) is 1.71. The molecular weight excluding hydrogens is 296 g/mol. The minimum Gasteiger partial charge on any atom is -0.494 e. The van der Waals surface area contributed by atoms with Gasteiger partial charge in [0.05, 0.1) is 31.5 Å². The predicted molar refractivity (Wildman–Crippen MR) is 84.0 cm³/mol. The summed E-state index contributed by atoms with van der Waals surface area (Å²) in [6.07, 6.45) is 8.20. The quantitative estimate of drug-likeness (QED) is 0.932. The number of carbonyl (C=O) groups excluding carboxylic acids is 1. The first-order chi connectivity index (χ1) is 11.2. The van der Waals surface area contributed by atoms with Crippen molar-refractivity contribution >= 4 is 11.6 Å². The highest BCUT2D eigenvalue weighted by Crippen LogP contribution is 2.35. The number of anilines is 1. The van der Waals surface area contributed by atoms with Crippen LogP contribution in [0.25, 0.3) is 0 Å². The Balaban J connectivity index is 1.79. The Bertz CT molecular complexity index is 685. The summed E-state index contributed by atoms with van der Waals surface area (Å²) in [6.45, 7) is 0.652. The van der Waals surface area contributed by atoms with E-state index in [1.54, 1.807) is 36.4 Å². The number of aromatic nitrogens is 3. The van der Waals surface area contributed by atoms with Crippen molar-refractivity contribution in [1.29, 1.82) is 0 Å². The normalized spacial score (nSPS) is 21.0. The van der Waals surface area contributed by atoms with E-state index < -0.39 is 0 Å². The molecule has 3 rings (SSSR count). The first-order valence-electron chi connectivity index (χ1n) is 7.58. The number of methoxy groups -OCH3 is 1. The summed E-state index contributed by atoms with van der Waals surface area (Å²) >= 11 is 0. The molecule has 0 unspecified atom stereocenters. The minimum absolute atomic E-state index is 0.0927. The third-order valence-electron chi connectivity index (χ3n) is 3.97. The molecule has 23 heavy (non-hydrogen) atoms. The fraction of sp³-hybridized carbons (Fsp3) is 0.438. The Morgan fingerprint density at radius 1 is 1.48 bits per heavy atom. The average molecular weight is 316 g/mol. The van der Waals surface area contributed by atoms with Crippen molar-refractivity contribution in [1.82, 2.24) is 14.8 Å². The molecule has 0 spiro atoms. The second-order valence-corrected chi connectivity index (χ2v) is 5.55. The van der Waals surface area contributed by atoms with Crippen molar-refractivity contribution in [2.45, 2.75) is 18.9 Å². The van der Waals surface area contributed by atoms with Crippen LogP contribution in [-0.2, 0) is 16.6 Å². The van der Waals surface area contributed by atoms with Crippen LogP contribution in [0.4, 0.5) is 5.69 Å². The third-order valence-corrected chi connectivity index (χ3v) is 3.97. The summed E-state index contributed by atoms with van der Waals surface area (Å²) in [5, 5.41) is 7.08. The first kappa shape index (κ1) is 15.5. The fourth-order valence-electron chi connectivity index (χ4n) is 2.84. The smallest absolute Gasteiger partial charge is 0.230 e. The van der Waals surface area contributed by atoms with Gasteiger partial charge in [0, 0.05) is 37.7 Å². The van der Waals surface area contributed by atoms with Crippen LogP contribution in [-0.4, -0.2) is 34.4 Å². The number of rotatable bonds is 4. The molecule has 7 heteroatoms. The van der Waals surface area contributed by atoms with Crippen LogP contribution in [0.5, 0.6) is 5.75 Å². The van der Waals surface area contributed by atoms with Gasteiger partial charge in [0.2, 0.25) is 5.91 Å². The van der Waals surface area contributed by atoms with Gasteiger partial charge in [-0.15, -0.1) is 0 Å². The van der Waals surface area contributed by atoms with E-state index in [9.17, 15) is 4.79 Å². The monoisotopic (exact) mass is 316 g/mol. The van der Waals surface area contributed by atoms with Gasteiger partial charge in [0.1, 0.15) is 11.4 Å². The summed E-state index contributed by atoms with van der Waals surface area (Å²) in [7, 11) is 3.41. The molecule has 122 valence electrons. The largest absolute Gasteiger partial charge is 0.494 e. The van der Waals surface area contributed by atoms with Crippen molar-refractivity contribution in [3.8, 4) is 5.75 Å². The van der Waals surface area contributed by atoms with Gasteiger partial charge in [-0.05, 0) is 12.8 Å². The van der Waals surface area contributed by atoms with Crippen LogP contribution in [0.1, 0.15) is 24.5 Å². The minimum atomic E-state index is -0.278. The number of amides is 1. The van der Waals surface area contributed by atoms with Gasteiger partial charge in [-0.1, -0.05) is 0 Å². The second-order valence-electron chi connectivity index (χ2n) is 5.55. The van der Waals surface area contributed by atoms with E-state index in [0.29, 0.717) is 18.0 Å². The van der Waals surface area contributed by atoms with E-state index in [1.807, 2.05) is 13.2 Å². The molecule has 0 radical (unpaired) electrons.